The zero-order valence-electron chi connectivity index (χ0n) is 14.3. The van der Waals surface area contributed by atoms with Gasteiger partial charge in [0.2, 0.25) is 0 Å². The topological polar surface area (TPSA) is 51.3 Å². The molecule has 2 aromatic rings. The molecular weight excluding hydrogens is 354 g/mol. The molecular formula is C19H21NO3S2. The molecule has 2 aliphatic carbocycles. The van der Waals surface area contributed by atoms with Crippen LogP contribution in [0.4, 0.5) is 0 Å². The van der Waals surface area contributed by atoms with Gasteiger partial charge in [0.1, 0.15) is 0 Å². The molecule has 0 saturated heterocycles. The molecule has 0 unspecified atom stereocenters. The number of benzene rings is 1. The third-order valence-electron chi connectivity index (χ3n) is 6.23. The number of thiazole rings is 1. The van der Waals surface area contributed by atoms with E-state index in [0.717, 1.165) is 28.4 Å². The smallest absolute Gasteiger partial charge is 0.305 e. The van der Waals surface area contributed by atoms with Gasteiger partial charge >= 0.3 is 4.87 Å². The van der Waals surface area contributed by atoms with Crippen LogP contribution in [0.2, 0.25) is 0 Å². The summed E-state index contributed by atoms with van der Waals surface area (Å²) < 4.78 is 10.9. The zero-order valence-corrected chi connectivity index (χ0v) is 15.9. The highest BCUT2D eigenvalue weighted by molar-refractivity contribution is 8.00. The van der Waals surface area contributed by atoms with Crippen LogP contribution in [0.3, 0.4) is 0 Å². The molecule has 6 heteroatoms. The highest BCUT2D eigenvalue weighted by Crippen LogP contribution is 2.63. The molecule has 4 nitrogen and oxygen atoms in total. The van der Waals surface area contributed by atoms with Crippen molar-refractivity contribution in [2.45, 2.75) is 35.5 Å². The van der Waals surface area contributed by atoms with Gasteiger partial charge in [0.15, 0.2) is 11.5 Å². The molecule has 0 amide bonds. The van der Waals surface area contributed by atoms with Crippen LogP contribution in [0, 0.1) is 17.8 Å². The second-order valence-electron chi connectivity index (χ2n) is 7.29. The molecule has 0 radical (unpaired) electrons. The second-order valence-corrected chi connectivity index (χ2v) is 9.50. The quantitative estimate of drug-likeness (QED) is 0.877. The Hall–Kier alpha value is -1.40. The third-order valence-corrected chi connectivity index (χ3v) is 8.86. The zero-order chi connectivity index (χ0) is 17.1. The number of nitrogens with one attached hydrogen (secondary N) is 1. The van der Waals surface area contributed by atoms with E-state index in [0.29, 0.717) is 17.1 Å². The van der Waals surface area contributed by atoms with Gasteiger partial charge in [0.25, 0.3) is 0 Å². The van der Waals surface area contributed by atoms with E-state index in [4.69, 9.17) is 9.47 Å². The van der Waals surface area contributed by atoms with E-state index < -0.39 is 0 Å². The Balaban J connectivity index is 1.66. The summed E-state index contributed by atoms with van der Waals surface area (Å²) in [7, 11) is 3.34. The lowest BCUT2D eigenvalue weighted by molar-refractivity contribution is 0.306. The number of H-pyrrole nitrogens is 1. The van der Waals surface area contributed by atoms with Gasteiger partial charge in [-0.1, -0.05) is 17.4 Å². The van der Waals surface area contributed by atoms with Crippen molar-refractivity contribution in [3.63, 3.8) is 0 Å². The molecule has 132 valence electrons. The van der Waals surface area contributed by atoms with Gasteiger partial charge in [-0.15, -0.1) is 11.8 Å². The monoisotopic (exact) mass is 375 g/mol. The van der Waals surface area contributed by atoms with Gasteiger partial charge in [-0.05, 0) is 54.7 Å². The van der Waals surface area contributed by atoms with Crippen molar-refractivity contribution in [1.82, 2.24) is 4.98 Å². The van der Waals surface area contributed by atoms with Crippen molar-refractivity contribution in [3.8, 4) is 11.5 Å². The minimum atomic E-state index is 0.0651. The standard InChI is InChI=1S/C19H21NO3S2/c1-22-12-6-5-10(8-13(12)23-2)15-14-9-3-4-11(7-9)16(14)24-18-17(15)25-19(21)20-18/h5-6,8-9,11,14-16H,3-4,7H2,1-2H3,(H,20,21)/t9-,11-,14-,15+,16-/m1/s1. The Morgan fingerprint density at radius 3 is 2.72 bits per heavy atom. The number of methoxy groups -OCH3 is 2. The molecule has 2 saturated carbocycles. The first-order chi connectivity index (χ1) is 12.2. The van der Waals surface area contributed by atoms with E-state index in [9.17, 15) is 4.79 Å². The van der Waals surface area contributed by atoms with Gasteiger partial charge in [-0.3, -0.25) is 4.79 Å². The Kier molecular flexibility index (Phi) is 3.68. The molecule has 1 aliphatic heterocycles. The van der Waals surface area contributed by atoms with Gasteiger partial charge in [0.05, 0.1) is 19.2 Å². The average Bonchev–Trinajstić information content (AvgIpc) is 3.32. The van der Waals surface area contributed by atoms with Crippen LogP contribution in [0.25, 0.3) is 0 Å². The molecule has 5 rings (SSSR count). The highest BCUT2D eigenvalue weighted by atomic mass is 32.2. The fourth-order valence-corrected chi connectivity index (χ4v) is 8.16. The van der Waals surface area contributed by atoms with Crippen molar-refractivity contribution >= 4 is 23.1 Å². The number of ether oxygens (including phenoxy) is 2. The SMILES string of the molecule is COc1ccc([C@@H]2c3sc(=O)[nH]c3S[C@@H]3[C@@H]4CC[C@H](C4)[C@H]23)cc1OC. The summed E-state index contributed by atoms with van der Waals surface area (Å²) in [6.45, 7) is 0. The summed E-state index contributed by atoms with van der Waals surface area (Å²) in [5.41, 5.74) is 1.25. The molecule has 0 spiro atoms. The summed E-state index contributed by atoms with van der Waals surface area (Å²) in [6, 6.07) is 6.25. The fraction of sp³-hybridized carbons (Fsp3) is 0.526. The summed E-state index contributed by atoms with van der Waals surface area (Å²) in [5.74, 6) is 4.03. The molecule has 25 heavy (non-hydrogen) atoms. The number of hydrogen-bond acceptors (Lipinski definition) is 5. The Labute approximate surface area is 154 Å². The van der Waals surface area contributed by atoms with E-state index in [1.165, 1.54) is 41.0 Å². The van der Waals surface area contributed by atoms with Crippen LogP contribution in [0.5, 0.6) is 11.5 Å². The highest BCUT2D eigenvalue weighted by Gasteiger charge is 2.54. The van der Waals surface area contributed by atoms with Gasteiger partial charge in [-0.25, -0.2) is 0 Å². The van der Waals surface area contributed by atoms with Crippen molar-refractivity contribution in [2.75, 3.05) is 14.2 Å². The average molecular weight is 376 g/mol. The van der Waals surface area contributed by atoms with Gasteiger partial charge in [0, 0.05) is 16.0 Å². The molecule has 5 atom stereocenters. The van der Waals surface area contributed by atoms with Crippen molar-refractivity contribution in [1.29, 1.82) is 0 Å². The second kappa shape index (κ2) is 5.81. The van der Waals surface area contributed by atoms with Gasteiger partial charge in [-0.2, -0.15) is 0 Å². The minimum Gasteiger partial charge on any atom is -0.493 e. The first kappa shape index (κ1) is 15.8. The van der Waals surface area contributed by atoms with Crippen LogP contribution < -0.4 is 14.3 Å². The molecule has 2 heterocycles. The summed E-state index contributed by atoms with van der Waals surface area (Å²) >= 11 is 3.32. The van der Waals surface area contributed by atoms with Crippen molar-refractivity contribution < 1.29 is 9.47 Å². The van der Waals surface area contributed by atoms with Crippen LogP contribution in [-0.2, 0) is 0 Å². The maximum absolute atomic E-state index is 12.1. The molecule has 3 aliphatic rings. The summed E-state index contributed by atoms with van der Waals surface area (Å²) in [4.78, 5) is 16.4. The summed E-state index contributed by atoms with van der Waals surface area (Å²) in [5, 5.41) is 1.73. The van der Waals surface area contributed by atoms with E-state index in [1.54, 1.807) is 14.2 Å². The molecule has 1 aromatic carbocycles. The number of fused-ring (bicyclic) bond motifs is 6. The lowest BCUT2D eigenvalue weighted by atomic mass is 9.75. The first-order valence-corrected chi connectivity index (χ1v) is 10.5. The molecule has 1 N–H and O–H groups in total. The van der Waals surface area contributed by atoms with Gasteiger partial charge < -0.3 is 14.5 Å². The Bertz CT molecular complexity index is 874. The van der Waals surface area contributed by atoms with Crippen LogP contribution >= 0.6 is 23.1 Å². The molecule has 2 bridgehead atoms. The normalized spacial score (nSPS) is 32.3. The molecule has 2 fully saturated rings. The van der Waals surface area contributed by atoms with E-state index in [-0.39, 0.29) is 4.87 Å². The molecule has 1 aromatic heterocycles. The van der Waals surface area contributed by atoms with E-state index in [2.05, 4.69) is 17.1 Å². The largest absolute Gasteiger partial charge is 0.493 e. The lowest BCUT2D eigenvalue weighted by Gasteiger charge is -2.40. The van der Waals surface area contributed by atoms with Crippen LogP contribution in [0.1, 0.15) is 35.6 Å². The Morgan fingerprint density at radius 1 is 1.12 bits per heavy atom. The van der Waals surface area contributed by atoms with E-state index >= 15 is 0 Å². The van der Waals surface area contributed by atoms with Crippen molar-refractivity contribution in [2.24, 2.45) is 17.8 Å². The Morgan fingerprint density at radius 2 is 1.92 bits per heavy atom. The van der Waals surface area contributed by atoms with E-state index in [1.807, 2.05) is 17.8 Å². The van der Waals surface area contributed by atoms with Crippen molar-refractivity contribution in [3.05, 3.63) is 38.3 Å². The van der Waals surface area contributed by atoms with Crippen LogP contribution in [-0.4, -0.2) is 24.5 Å². The first-order valence-electron chi connectivity index (χ1n) is 8.81. The number of hydrogen-bond donors (Lipinski definition) is 1. The fourth-order valence-electron chi connectivity index (χ4n) is 5.27. The van der Waals surface area contributed by atoms with Crippen LogP contribution in [0.15, 0.2) is 28.0 Å². The predicted octanol–water partition coefficient (Wildman–Crippen LogP) is 4.11. The number of aromatic nitrogens is 1. The lowest BCUT2D eigenvalue weighted by Crippen LogP contribution is -2.33. The number of rotatable bonds is 3. The number of thioether (sulfide) groups is 1. The number of aromatic amines is 1. The third kappa shape index (κ3) is 2.30. The maximum atomic E-state index is 12.1. The summed E-state index contributed by atoms with van der Waals surface area (Å²) in [6.07, 6.45) is 4.04. The minimum absolute atomic E-state index is 0.0651. The maximum Gasteiger partial charge on any atom is 0.305 e. The predicted molar refractivity (Wildman–Crippen MR) is 100 cm³/mol.